The van der Waals surface area contributed by atoms with Crippen molar-refractivity contribution in [1.82, 2.24) is 0 Å². The van der Waals surface area contributed by atoms with E-state index in [1.54, 1.807) is 84.4 Å². The van der Waals surface area contributed by atoms with Gasteiger partial charge in [-0.3, -0.25) is 23.3 Å². The minimum Gasteiger partial charge on any atom is -0.325 e. The van der Waals surface area contributed by atoms with Gasteiger partial charge in [0.15, 0.2) is 11.3 Å². The monoisotopic (exact) mass is 1680 g/mol. The molecular weight excluding hydrogens is 1600 g/mol. The van der Waals surface area contributed by atoms with E-state index >= 15 is 0 Å². The number of hydrogen-bond acceptors (Lipinski definition) is 16. The highest BCUT2D eigenvalue weighted by molar-refractivity contribution is 9.08. The third kappa shape index (κ3) is 23.2. The summed E-state index contributed by atoms with van der Waals surface area (Å²) in [6, 6.07) is 48.8. The van der Waals surface area contributed by atoms with E-state index in [4.69, 9.17) is 78.1 Å². The van der Waals surface area contributed by atoms with Crippen LogP contribution in [0.15, 0.2) is 179 Å². The van der Waals surface area contributed by atoms with Crippen LogP contribution in [0, 0.1) is 0 Å². The SMILES string of the molecule is C.CCOP(=O)(Cc1csc2ccc(Cl)cc12)OCC.CCOP(=O)(OCC)C(C(=O)Nc1ccc2ccccc2c1)c1csc2ccc(Cl)cc12.CCOP(OCC)OCC.Clc1ccc2scc(CBr)c2c1.O=C(Nc1ccc2ccccc2c1)C(c1csc2ccc(Cl)cc12)P(=O)(O)O. The number of rotatable bonds is 25. The third-order valence-corrected chi connectivity index (χ3v) is 27.2. The first-order valence-corrected chi connectivity index (χ1v) is 44.1. The lowest BCUT2D eigenvalue weighted by molar-refractivity contribution is -0.117. The van der Waals surface area contributed by atoms with Crippen molar-refractivity contribution in [3.05, 3.63) is 222 Å². The summed E-state index contributed by atoms with van der Waals surface area (Å²) in [5, 5.41) is 24.1. The average Bonchev–Trinajstić information content (AvgIpc) is 1.74. The van der Waals surface area contributed by atoms with Crippen LogP contribution in [0.4, 0.5) is 11.4 Å². The van der Waals surface area contributed by atoms with Crippen molar-refractivity contribution in [2.24, 2.45) is 0 Å². The van der Waals surface area contributed by atoms with Crippen LogP contribution in [0.2, 0.25) is 20.1 Å². The van der Waals surface area contributed by atoms with Crippen molar-refractivity contribution in [3.63, 3.8) is 0 Å². The Balaban J connectivity index is 0.000000189. The zero-order chi connectivity index (χ0) is 72.9. The average molecular weight is 1680 g/mol. The molecule has 16 nitrogen and oxygen atoms in total. The van der Waals surface area contributed by atoms with Gasteiger partial charge in [0.25, 0.3) is 0 Å². The topological polar surface area (TPSA) is 214 Å². The molecule has 0 spiro atoms. The standard InChI is InChI=1S/C24H23ClNO4PS.C20H15ClNO4PS.C13H16ClO3PS.C9H6BrClS.C6H15O3P.CH4/c1-3-29-31(28,30-4-2)23(21-15-32-22-12-10-18(25)14-20(21)22)24(27)26-19-11-9-16-7-5-6-8-17(16)13-19;21-14-6-8-18-16(10-14)17(11-28-18)19(27(24,25)26)20(23)22-15-7-5-12-3-1-2-4-13(12)9-15;1-3-16-18(15,17-4-2)8-10-9-19-13-6-5-11(14)7-12(10)13;10-4-6-5-12-9-2-1-7(11)3-8(6)9;1-4-7-10(8-5-2)9-6-3;/h5-15,23H,3-4H2,1-2H3,(H,26,27);1-11,19H,(H,22,23)(H2,24,25,26);5-7,9H,3-4,8H2,1-2H3;1-3,5H,4H2;4-6H2,1-3H3;1H4. The lowest BCUT2D eigenvalue weighted by Gasteiger charge is -2.25. The smallest absolute Gasteiger partial charge is 0.325 e. The van der Waals surface area contributed by atoms with E-state index < -0.39 is 54.5 Å². The highest BCUT2D eigenvalue weighted by Gasteiger charge is 2.44. The van der Waals surface area contributed by atoms with Crippen LogP contribution in [-0.4, -0.2) is 67.8 Å². The van der Waals surface area contributed by atoms with Gasteiger partial charge in [-0.15, -0.1) is 45.3 Å². The van der Waals surface area contributed by atoms with Crippen LogP contribution >= 0.6 is 139 Å². The lowest BCUT2D eigenvalue weighted by Crippen LogP contribution is -2.23. The summed E-state index contributed by atoms with van der Waals surface area (Å²) in [5.74, 6) is -1.21. The number of amides is 2. The Bertz CT molecular complexity index is 4870. The molecule has 0 saturated carbocycles. The molecule has 2 unspecified atom stereocenters. The van der Waals surface area contributed by atoms with Crippen LogP contribution < -0.4 is 10.6 Å². The van der Waals surface area contributed by atoms with Gasteiger partial charge < -0.3 is 52.1 Å². The minimum atomic E-state index is -4.77. The molecule has 544 valence electrons. The molecule has 8 aromatic carbocycles. The Labute approximate surface area is 640 Å². The Morgan fingerprint density at radius 1 is 0.451 bits per heavy atom. The summed E-state index contributed by atoms with van der Waals surface area (Å²) < 4.78 is 80.1. The number of anilines is 2. The molecule has 0 saturated heterocycles. The van der Waals surface area contributed by atoms with Gasteiger partial charge in [-0.05, 0) is 232 Å². The number of halogens is 5. The molecule has 4 aromatic heterocycles. The van der Waals surface area contributed by atoms with Crippen LogP contribution in [0.5, 0.6) is 0 Å². The number of fused-ring (bicyclic) bond motifs is 6. The fraction of sp³-hybridized carbons (Fsp3) is 0.260. The molecular formula is C73H79BrCl4N2O14P4S4. The summed E-state index contributed by atoms with van der Waals surface area (Å²) in [7, 11) is -12.7. The van der Waals surface area contributed by atoms with E-state index in [-0.39, 0.29) is 32.4 Å². The second kappa shape index (κ2) is 41.0. The van der Waals surface area contributed by atoms with Gasteiger partial charge in [0.05, 0.1) is 52.4 Å². The van der Waals surface area contributed by atoms with E-state index in [1.165, 1.54) is 38.3 Å². The number of hydrogen-bond donors (Lipinski definition) is 4. The van der Waals surface area contributed by atoms with Crippen molar-refractivity contribution in [3.8, 4) is 0 Å². The molecule has 29 heteroatoms. The third-order valence-electron chi connectivity index (χ3n) is 14.6. The first-order chi connectivity index (χ1) is 48.5. The van der Waals surface area contributed by atoms with Crippen molar-refractivity contribution in [2.75, 3.05) is 56.9 Å². The Morgan fingerprint density at radius 3 is 1.20 bits per heavy atom. The molecule has 2 amide bonds. The molecule has 0 bridgehead atoms. The van der Waals surface area contributed by atoms with Crippen molar-refractivity contribution >= 4 is 224 Å². The number of carbonyl (C=O) groups excluding carboxylic acids is 2. The predicted molar refractivity (Wildman–Crippen MR) is 437 cm³/mol. The molecule has 4 heterocycles. The second-order valence-electron chi connectivity index (χ2n) is 21.6. The molecule has 0 radical (unpaired) electrons. The molecule has 0 aliphatic carbocycles. The number of thiophene rings is 4. The molecule has 2 atom stereocenters. The van der Waals surface area contributed by atoms with E-state index in [9.17, 15) is 33.1 Å². The maximum Gasteiger partial charge on any atom is 0.347 e. The first kappa shape index (κ1) is 84.7. The van der Waals surface area contributed by atoms with Crippen molar-refractivity contribution in [2.45, 2.75) is 78.7 Å². The first-order valence-electron chi connectivity index (χ1n) is 31.8. The molecule has 102 heavy (non-hydrogen) atoms. The van der Waals surface area contributed by atoms with E-state index in [2.05, 4.69) is 38.0 Å². The predicted octanol–water partition coefficient (Wildman–Crippen LogP) is 25.9. The van der Waals surface area contributed by atoms with Crippen molar-refractivity contribution in [1.29, 1.82) is 0 Å². The number of nitrogens with one attached hydrogen (secondary N) is 2. The number of benzene rings is 8. The van der Waals surface area contributed by atoms with E-state index in [0.29, 0.717) is 70.4 Å². The van der Waals surface area contributed by atoms with Gasteiger partial charge in [0.1, 0.15) is 0 Å². The molecule has 0 fully saturated rings. The van der Waals surface area contributed by atoms with Crippen molar-refractivity contribution < 1.29 is 64.7 Å². The van der Waals surface area contributed by atoms with Crippen LogP contribution in [0.1, 0.15) is 89.5 Å². The second-order valence-corrected chi connectivity index (χ2v) is 34.6. The van der Waals surface area contributed by atoms with Gasteiger partial charge in [0, 0.05) is 55.6 Å². The number of alkyl halides is 1. The van der Waals surface area contributed by atoms with Crippen LogP contribution in [-0.2, 0) is 66.4 Å². The Morgan fingerprint density at radius 2 is 0.804 bits per heavy atom. The van der Waals surface area contributed by atoms with E-state index in [1.807, 2.05) is 155 Å². The summed E-state index contributed by atoms with van der Waals surface area (Å²) in [6.45, 7) is 15.8. The molecule has 4 N–H and O–H groups in total. The fourth-order valence-corrected chi connectivity index (χ4v) is 21.4. The lowest BCUT2D eigenvalue weighted by atomic mass is 10.1. The summed E-state index contributed by atoms with van der Waals surface area (Å²) in [6.07, 6.45) is 0.287. The molecule has 0 aliphatic heterocycles. The Hall–Kier alpha value is -4.54. The maximum atomic E-state index is 13.9. The zero-order valence-electron chi connectivity index (χ0n) is 55.9. The van der Waals surface area contributed by atoms with E-state index in [0.717, 1.165) is 62.3 Å². The van der Waals surface area contributed by atoms with Gasteiger partial charge in [0.2, 0.25) is 11.8 Å². The highest BCUT2D eigenvalue weighted by atomic mass is 79.9. The van der Waals surface area contributed by atoms with Gasteiger partial charge in [-0.1, -0.05) is 130 Å². The highest BCUT2D eigenvalue weighted by Crippen LogP contribution is 2.63. The minimum absolute atomic E-state index is 0. The van der Waals surface area contributed by atoms with Crippen LogP contribution in [0.25, 0.3) is 61.9 Å². The summed E-state index contributed by atoms with van der Waals surface area (Å²) >= 11 is 33.8. The van der Waals surface area contributed by atoms with Crippen LogP contribution in [0.3, 0.4) is 0 Å². The van der Waals surface area contributed by atoms with Gasteiger partial charge in [-0.25, -0.2) is 0 Å². The molecule has 12 aromatic rings. The Kier molecular flexibility index (Phi) is 34.0. The normalized spacial score (nSPS) is 12.2. The maximum absolute atomic E-state index is 13.9. The molecule has 12 rings (SSSR count). The van der Waals surface area contributed by atoms with Gasteiger partial charge >= 0.3 is 31.4 Å². The largest absolute Gasteiger partial charge is 0.347 e. The zero-order valence-corrected chi connectivity index (χ0v) is 67.4. The fourth-order valence-electron chi connectivity index (χ4n) is 10.4. The van der Waals surface area contributed by atoms with Gasteiger partial charge in [-0.2, -0.15) is 0 Å². The summed E-state index contributed by atoms with van der Waals surface area (Å²) in [5.41, 5.74) is 1.46. The number of carbonyl (C=O) groups is 2. The molecule has 0 aliphatic rings. The quantitative estimate of drug-likeness (QED) is 0.0310. The summed E-state index contributed by atoms with van der Waals surface area (Å²) in [4.78, 5) is 46.3.